The van der Waals surface area contributed by atoms with Crippen LogP contribution in [-0.4, -0.2) is 10.2 Å². The number of rotatable bonds is 2. The van der Waals surface area contributed by atoms with Crippen LogP contribution in [-0.2, 0) is 6.54 Å². The normalized spacial score (nSPS) is 10.9. The molecule has 0 amide bonds. The highest BCUT2D eigenvalue weighted by molar-refractivity contribution is 9.10. The van der Waals surface area contributed by atoms with Crippen molar-refractivity contribution in [3.05, 3.63) is 39.0 Å². The SMILES string of the molecule is Cc1cc(C)c(-c2n[nH]c(CN)c2Br)cc1C. The van der Waals surface area contributed by atoms with Gasteiger partial charge in [0.1, 0.15) is 5.69 Å². The number of halogens is 1. The molecule has 0 atom stereocenters. The number of hydrogen-bond acceptors (Lipinski definition) is 2. The average Bonchev–Trinajstić information content (AvgIpc) is 2.65. The molecule has 0 saturated heterocycles. The van der Waals surface area contributed by atoms with E-state index in [9.17, 15) is 0 Å². The molecule has 0 aliphatic carbocycles. The van der Waals surface area contributed by atoms with Crippen molar-refractivity contribution in [2.45, 2.75) is 27.3 Å². The van der Waals surface area contributed by atoms with E-state index in [4.69, 9.17) is 5.73 Å². The lowest BCUT2D eigenvalue weighted by Crippen LogP contribution is -1.96. The fraction of sp³-hybridized carbons (Fsp3) is 0.308. The average molecular weight is 294 g/mol. The number of nitrogens with one attached hydrogen (secondary N) is 1. The molecule has 0 saturated carbocycles. The first-order valence-corrected chi connectivity index (χ1v) is 6.35. The summed E-state index contributed by atoms with van der Waals surface area (Å²) in [4.78, 5) is 0. The number of benzene rings is 1. The van der Waals surface area contributed by atoms with Gasteiger partial charge < -0.3 is 5.73 Å². The molecule has 4 heteroatoms. The molecule has 2 rings (SSSR count). The third-order valence-electron chi connectivity index (χ3n) is 3.08. The molecular weight excluding hydrogens is 278 g/mol. The third-order valence-corrected chi connectivity index (χ3v) is 3.93. The van der Waals surface area contributed by atoms with Crippen LogP contribution in [0.2, 0.25) is 0 Å². The Labute approximate surface area is 110 Å². The van der Waals surface area contributed by atoms with Crippen LogP contribution in [0, 0.1) is 20.8 Å². The molecule has 3 N–H and O–H groups in total. The maximum absolute atomic E-state index is 5.63. The molecule has 1 heterocycles. The van der Waals surface area contributed by atoms with Crippen LogP contribution in [0.25, 0.3) is 11.3 Å². The molecule has 0 aliphatic rings. The third kappa shape index (κ3) is 2.15. The van der Waals surface area contributed by atoms with Gasteiger partial charge in [0.05, 0.1) is 10.2 Å². The largest absolute Gasteiger partial charge is 0.325 e. The van der Waals surface area contributed by atoms with Gasteiger partial charge in [-0.05, 0) is 59.5 Å². The summed E-state index contributed by atoms with van der Waals surface area (Å²) in [7, 11) is 0. The summed E-state index contributed by atoms with van der Waals surface area (Å²) in [6.45, 7) is 6.79. The molecule has 1 aromatic heterocycles. The van der Waals surface area contributed by atoms with Gasteiger partial charge in [-0.25, -0.2) is 0 Å². The fourth-order valence-electron chi connectivity index (χ4n) is 1.89. The van der Waals surface area contributed by atoms with E-state index in [1.807, 2.05) is 0 Å². The van der Waals surface area contributed by atoms with Crippen LogP contribution in [0.1, 0.15) is 22.4 Å². The van der Waals surface area contributed by atoms with Crippen LogP contribution in [0.5, 0.6) is 0 Å². The lowest BCUT2D eigenvalue weighted by atomic mass is 9.99. The zero-order valence-electron chi connectivity index (χ0n) is 10.3. The second-order valence-corrected chi connectivity index (χ2v) is 5.11. The standard InChI is InChI=1S/C13H16BrN3/c1-7-4-9(3)10(5-8(7)2)13-12(14)11(6-15)16-17-13/h4-5H,6,15H2,1-3H3,(H,16,17). The zero-order valence-corrected chi connectivity index (χ0v) is 11.9. The minimum Gasteiger partial charge on any atom is -0.325 e. The second kappa shape index (κ2) is 4.63. The molecule has 0 spiro atoms. The van der Waals surface area contributed by atoms with Crippen molar-refractivity contribution in [2.24, 2.45) is 5.73 Å². The number of aromatic amines is 1. The summed E-state index contributed by atoms with van der Waals surface area (Å²) in [6.07, 6.45) is 0. The Kier molecular flexibility index (Phi) is 3.35. The summed E-state index contributed by atoms with van der Waals surface area (Å²) >= 11 is 3.55. The number of aryl methyl sites for hydroxylation is 3. The van der Waals surface area contributed by atoms with E-state index in [2.05, 4.69) is 59.0 Å². The van der Waals surface area contributed by atoms with Crippen molar-refractivity contribution in [1.82, 2.24) is 10.2 Å². The first kappa shape index (κ1) is 12.3. The molecule has 0 bridgehead atoms. The van der Waals surface area contributed by atoms with Crippen molar-refractivity contribution >= 4 is 15.9 Å². The molecule has 1 aromatic carbocycles. The van der Waals surface area contributed by atoms with Crippen LogP contribution in [0.3, 0.4) is 0 Å². The van der Waals surface area contributed by atoms with Gasteiger partial charge in [-0.3, -0.25) is 5.10 Å². The Hall–Kier alpha value is -1.13. The number of nitrogens with two attached hydrogens (primary N) is 1. The molecule has 3 nitrogen and oxygen atoms in total. The first-order valence-electron chi connectivity index (χ1n) is 5.55. The van der Waals surface area contributed by atoms with Gasteiger partial charge in [0.2, 0.25) is 0 Å². The lowest BCUT2D eigenvalue weighted by Gasteiger charge is -2.08. The number of hydrogen-bond donors (Lipinski definition) is 2. The minimum absolute atomic E-state index is 0.456. The number of H-pyrrole nitrogens is 1. The summed E-state index contributed by atoms with van der Waals surface area (Å²) in [5.41, 5.74) is 12.4. The van der Waals surface area contributed by atoms with Crippen LogP contribution >= 0.6 is 15.9 Å². The van der Waals surface area contributed by atoms with E-state index in [0.29, 0.717) is 6.54 Å². The van der Waals surface area contributed by atoms with E-state index in [1.54, 1.807) is 0 Å². The predicted molar refractivity (Wildman–Crippen MR) is 73.8 cm³/mol. The Bertz CT molecular complexity index is 558. The Balaban J connectivity index is 2.60. The van der Waals surface area contributed by atoms with Gasteiger partial charge in [0.15, 0.2) is 0 Å². The summed E-state index contributed by atoms with van der Waals surface area (Å²) < 4.78 is 0.964. The maximum atomic E-state index is 5.63. The van der Waals surface area contributed by atoms with Gasteiger partial charge in [-0.2, -0.15) is 5.10 Å². The molecule has 0 fully saturated rings. The highest BCUT2D eigenvalue weighted by Crippen LogP contribution is 2.32. The fourth-order valence-corrected chi connectivity index (χ4v) is 2.45. The van der Waals surface area contributed by atoms with Gasteiger partial charge in [0, 0.05) is 12.1 Å². The van der Waals surface area contributed by atoms with Gasteiger partial charge in [-0.1, -0.05) is 6.07 Å². The van der Waals surface area contributed by atoms with Gasteiger partial charge in [-0.15, -0.1) is 0 Å². The van der Waals surface area contributed by atoms with Gasteiger partial charge in [0.25, 0.3) is 0 Å². The van der Waals surface area contributed by atoms with Crippen molar-refractivity contribution < 1.29 is 0 Å². The zero-order chi connectivity index (χ0) is 12.6. The van der Waals surface area contributed by atoms with E-state index < -0.39 is 0 Å². The number of nitrogens with zero attached hydrogens (tertiary/aromatic N) is 1. The quantitative estimate of drug-likeness (QED) is 0.893. The Morgan fingerprint density at radius 2 is 1.82 bits per heavy atom. The van der Waals surface area contributed by atoms with E-state index >= 15 is 0 Å². The molecule has 0 aliphatic heterocycles. The first-order chi connectivity index (χ1) is 8.04. The highest BCUT2D eigenvalue weighted by Gasteiger charge is 2.14. The monoisotopic (exact) mass is 293 g/mol. The molecule has 0 radical (unpaired) electrons. The molecule has 2 aromatic rings. The van der Waals surface area contributed by atoms with Gasteiger partial charge >= 0.3 is 0 Å². The molecular formula is C13H16BrN3. The lowest BCUT2D eigenvalue weighted by molar-refractivity contribution is 0.945. The van der Waals surface area contributed by atoms with E-state index in [0.717, 1.165) is 21.4 Å². The maximum Gasteiger partial charge on any atom is 0.107 e. The molecule has 90 valence electrons. The van der Waals surface area contributed by atoms with Crippen molar-refractivity contribution in [3.8, 4) is 11.3 Å². The minimum atomic E-state index is 0.456. The molecule has 17 heavy (non-hydrogen) atoms. The predicted octanol–water partition coefficient (Wildman–Crippen LogP) is 3.22. The topological polar surface area (TPSA) is 54.7 Å². The second-order valence-electron chi connectivity index (χ2n) is 4.32. The van der Waals surface area contributed by atoms with Crippen LogP contribution in [0.4, 0.5) is 0 Å². The van der Waals surface area contributed by atoms with Crippen LogP contribution in [0.15, 0.2) is 16.6 Å². The Morgan fingerprint density at radius 3 is 2.41 bits per heavy atom. The smallest absolute Gasteiger partial charge is 0.107 e. The molecule has 0 unspecified atom stereocenters. The highest BCUT2D eigenvalue weighted by atomic mass is 79.9. The van der Waals surface area contributed by atoms with E-state index in [-0.39, 0.29) is 0 Å². The summed E-state index contributed by atoms with van der Waals surface area (Å²) in [5.74, 6) is 0. The van der Waals surface area contributed by atoms with Crippen LogP contribution < -0.4 is 5.73 Å². The summed E-state index contributed by atoms with van der Waals surface area (Å²) in [6, 6.07) is 4.36. The van der Waals surface area contributed by atoms with Crippen molar-refractivity contribution in [2.75, 3.05) is 0 Å². The van der Waals surface area contributed by atoms with E-state index in [1.165, 1.54) is 16.7 Å². The number of aromatic nitrogens is 2. The van der Waals surface area contributed by atoms with Crippen molar-refractivity contribution in [3.63, 3.8) is 0 Å². The Morgan fingerprint density at radius 1 is 1.18 bits per heavy atom. The summed E-state index contributed by atoms with van der Waals surface area (Å²) in [5, 5.41) is 7.30. The van der Waals surface area contributed by atoms with Crippen molar-refractivity contribution in [1.29, 1.82) is 0 Å².